The molecule has 1 amide bonds. The summed E-state index contributed by atoms with van der Waals surface area (Å²) >= 11 is 0. The van der Waals surface area contributed by atoms with Crippen molar-refractivity contribution in [3.63, 3.8) is 0 Å². The molecule has 1 aliphatic carbocycles. The molecule has 33 heavy (non-hydrogen) atoms. The first-order valence-electron chi connectivity index (χ1n) is 11.9. The van der Waals surface area contributed by atoms with E-state index in [2.05, 4.69) is 79.7 Å². The number of hydrazone groups is 1. The summed E-state index contributed by atoms with van der Waals surface area (Å²) in [4.78, 5) is 17.7. The second-order valence-corrected chi connectivity index (χ2v) is 10.6. The molecule has 2 heterocycles. The van der Waals surface area contributed by atoms with Crippen molar-refractivity contribution >= 4 is 18.0 Å². The maximum atomic E-state index is 12.7. The first-order chi connectivity index (χ1) is 15.8. The topological polar surface area (TPSA) is 57.1 Å². The number of hydrogen-bond acceptors (Lipinski definition) is 4. The number of amidine groups is 1. The third-order valence-electron chi connectivity index (χ3n) is 6.81. The number of amides is 1. The molecule has 1 saturated carbocycles. The maximum Gasteiger partial charge on any atom is 0.221 e. The predicted molar refractivity (Wildman–Crippen MR) is 133 cm³/mol. The summed E-state index contributed by atoms with van der Waals surface area (Å²) in [5, 5.41) is 10.00. The van der Waals surface area contributed by atoms with E-state index in [9.17, 15) is 4.79 Å². The molecule has 5 heteroatoms. The molecule has 5 rings (SSSR count). The van der Waals surface area contributed by atoms with E-state index in [0.717, 1.165) is 30.7 Å². The number of carbonyl (C=O) groups excluding carboxylic acids is 1. The molecule has 2 unspecified atom stereocenters. The summed E-state index contributed by atoms with van der Waals surface area (Å²) in [5.41, 5.74) is 3.30. The second kappa shape index (κ2) is 8.29. The lowest BCUT2D eigenvalue weighted by Crippen LogP contribution is -2.51. The minimum Gasteiger partial charge on any atom is -0.347 e. The van der Waals surface area contributed by atoms with E-state index in [-0.39, 0.29) is 28.9 Å². The lowest BCUT2D eigenvalue weighted by Gasteiger charge is -2.43. The van der Waals surface area contributed by atoms with Crippen LogP contribution in [0.2, 0.25) is 0 Å². The Morgan fingerprint density at radius 2 is 1.79 bits per heavy atom. The Balaban J connectivity index is 1.41. The first-order valence-corrected chi connectivity index (χ1v) is 11.9. The van der Waals surface area contributed by atoms with E-state index in [1.807, 2.05) is 29.4 Å². The van der Waals surface area contributed by atoms with Gasteiger partial charge in [0.2, 0.25) is 5.91 Å². The van der Waals surface area contributed by atoms with Crippen molar-refractivity contribution in [2.24, 2.45) is 15.5 Å². The number of aliphatic imine (C=N–C) groups is 1. The van der Waals surface area contributed by atoms with E-state index in [1.165, 1.54) is 11.1 Å². The Morgan fingerprint density at radius 1 is 1.06 bits per heavy atom. The average molecular weight is 441 g/mol. The summed E-state index contributed by atoms with van der Waals surface area (Å²) in [6.45, 7) is 6.32. The second-order valence-electron chi connectivity index (χ2n) is 10.6. The lowest BCUT2D eigenvalue weighted by atomic mass is 9.71. The zero-order chi connectivity index (χ0) is 23.1. The van der Waals surface area contributed by atoms with Gasteiger partial charge in [-0.25, -0.2) is 5.01 Å². The molecule has 0 saturated heterocycles. The van der Waals surface area contributed by atoms with Gasteiger partial charge in [0.1, 0.15) is 17.9 Å². The normalized spacial score (nSPS) is 23.0. The minimum atomic E-state index is -0.230. The standard InChI is InChI=1S/C28H32N4O/c1-27(2,3)19-24(33)31-28(16-8-17-28)22-14-12-20(13-15-22)25-26(21-9-5-4-6-10-21)32-23(30-25)11-7-18-29-32/h4-7,9-15,18,25-26H,8,16-17,19H2,1-3H3,(H,31,33). The molecule has 0 aromatic heterocycles. The van der Waals surface area contributed by atoms with Crippen molar-refractivity contribution < 1.29 is 4.79 Å². The highest BCUT2D eigenvalue weighted by molar-refractivity contribution is 6.00. The van der Waals surface area contributed by atoms with E-state index < -0.39 is 0 Å². The molecule has 1 fully saturated rings. The van der Waals surface area contributed by atoms with Crippen molar-refractivity contribution in [3.05, 3.63) is 83.4 Å². The molecule has 5 nitrogen and oxygen atoms in total. The maximum absolute atomic E-state index is 12.7. The van der Waals surface area contributed by atoms with Gasteiger partial charge in [-0.3, -0.25) is 9.79 Å². The summed E-state index contributed by atoms with van der Waals surface area (Å²) < 4.78 is 0. The van der Waals surface area contributed by atoms with Crippen LogP contribution in [-0.2, 0) is 10.3 Å². The lowest BCUT2D eigenvalue weighted by molar-refractivity contribution is -0.126. The van der Waals surface area contributed by atoms with Gasteiger partial charge in [-0.15, -0.1) is 0 Å². The Morgan fingerprint density at radius 3 is 2.42 bits per heavy atom. The first kappa shape index (κ1) is 21.6. The fourth-order valence-corrected chi connectivity index (χ4v) is 5.08. The number of allylic oxidation sites excluding steroid dienone is 1. The fourth-order valence-electron chi connectivity index (χ4n) is 5.08. The predicted octanol–water partition coefficient (Wildman–Crippen LogP) is 5.67. The Hall–Kier alpha value is -3.21. The largest absolute Gasteiger partial charge is 0.347 e. The van der Waals surface area contributed by atoms with Crippen LogP contribution in [0.25, 0.3) is 0 Å². The molecule has 0 spiro atoms. The van der Waals surface area contributed by atoms with E-state index in [0.29, 0.717) is 6.42 Å². The van der Waals surface area contributed by atoms with Gasteiger partial charge in [-0.2, -0.15) is 5.10 Å². The van der Waals surface area contributed by atoms with Gasteiger partial charge in [0.15, 0.2) is 0 Å². The summed E-state index contributed by atoms with van der Waals surface area (Å²) in [5.74, 6) is 1.03. The highest BCUT2D eigenvalue weighted by Gasteiger charge is 2.41. The minimum absolute atomic E-state index is 0.0178. The number of nitrogens with one attached hydrogen (secondary N) is 1. The quantitative estimate of drug-likeness (QED) is 0.651. The molecule has 2 aromatic carbocycles. The number of rotatable bonds is 5. The van der Waals surface area contributed by atoms with Crippen LogP contribution in [0.15, 0.2) is 76.8 Å². The van der Waals surface area contributed by atoms with Gasteiger partial charge < -0.3 is 5.32 Å². The van der Waals surface area contributed by atoms with Gasteiger partial charge in [-0.05, 0) is 53.5 Å². The highest BCUT2D eigenvalue weighted by Crippen LogP contribution is 2.45. The van der Waals surface area contributed by atoms with Crippen molar-refractivity contribution in [3.8, 4) is 0 Å². The van der Waals surface area contributed by atoms with Crippen molar-refractivity contribution in [2.45, 2.75) is 64.1 Å². The van der Waals surface area contributed by atoms with Crippen LogP contribution < -0.4 is 5.32 Å². The zero-order valence-corrected chi connectivity index (χ0v) is 19.7. The van der Waals surface area contributed by atoms with Crippen molar-refractivity contribution in [2.75, 3.05) is 0 Å². The smallest absolute Gasteiger partial charge is 0.221 e. The molecule has 3 aliphatic rings. The van der Waals surface area contributed by atoms with Crippen LogP contribution in [0.4, 0.5) is 0 Å². The van der Waals surface area contributed by atoms with Crippen LogP contribution in [0.1, 0.15) is 75.2 Å². The molecule has 0 radical (unpaired) electrons. The molecular formula is C28H32N4O. The number of fused-ring (bicyclic) bond motifs is 1. The van der Waals surface area contributed by atoms with Gasteiger partial charge in [0, 0.05) is 12.6 Å². The molecule has 2 aromatic rings. The van der Waals surface area contributed by atoms with Crippen molar-refractivity contribution in [1.29, 1.82) is 0 Å². The molecular weight excluding hydrogens is 408 g/mol. The molecule has 2 aliphatic heterocycles. The van der Waals surface area contributed by atoms with Crippen LogP contribution in [0.3, 0.4) is 0 Å². The molecule has 2 atom stereocenters. The van der Waals surface area contributed by atoms with E-state index >= 15 is 0 Å². The van der Waals surface area contributed by atoms with Gasteiger partial charge >= 0.3 is 0 Å². The Bertz CT molecular complexity index is 1100. The molecule has 1 N–H and O–H groups in total. The molecule has 170 valence electrons. The third-order valence-corrected chi connectivity index (χ3v) is 6.81. The fraction of sp³-hybridized carbons (Fsp3) is 0.393. The van der Waals surface area contributed by atoms with E-state index in [1.54, 1.807) is 0 Å². The average Bonchev–Trinajstić information content (AvgIpc) is 3.15. The summed E-state index contributed by atoms with van der Waals surface area (Å²) in [6.07, 6.45) is 9.44. The molecule has 0 bridgehead atoms. The highest BCUT2D eigenvalue weighted by atomic mass is 16.1. The van der Waals surface area contributed by atoms with Crippen LogP contribution >= 0.6 is 0 Å². The van der Waals surface area contributed by atoms with Crippen LogP contribution in [0.5, 0.6) is 0 Å². The number of hydrogen-bond donors (Lipinski definition) is 1. The van der Waals surface area contributed by atoms with Crippen LogP contribution in [0, 0.1) is 5.41 Å². The summed E-state index contributed by atoms with van der Waals surface area (Å²) in [6, 6.07) is 19.2. The van der Waals surface area contributed by atoms with Gasteiger partial charge in [-0.1, -0.05) is 75.4 Å². The number of benzene rings is 2. The third kappa shape index (κ3) is 4.24. The Kier molecular flexibility index (Phi) is 5.43. The number of nitrogens with zero attached hydrogens (tertiary/aromatic N) is 3. The van der Waals surface area contributed by atoms with Gasteiger partial charge in [0.25, 0.3) is 0 Å². The SMILES string of the molecule is CC(C)(C)CC(=O)NC1(c2ccc(C3N=C4C=CC=NN4C3c3ccccc3)cc2)CCC1. The summed E-state index contributed by atoms with van der Waals surface area (Å²) in [7, 11) is 0. The Labute approximate surface area is 196 Å². The van der Waals surface area contributed by atoms with Crippen LogP contribution in [-0.4, -0.2) is 23.0 Å². The zero-order valence-electron chi connectivity index (χ0n) is 19.7. The van der Waals surface area contributed by atoms with E-state index in [4.69, 9.17) is 4.99 Å². The monoisotopic (exact) mass is 440 g/mol. The van der Waals surface area contributed by atoms with Crippen molar-refractivity contribution in [1.82, 2.24) is 10.3 Å². The van der Waals surface area contributed by atoms with Gasteiger partial charge in [0.05, 0.1) is 5.54 Å². The number of carbonyl (C=O) groups is 1.